The second-order valence-corrected chi connectivity index (χ2v) is 7.25. The van der Waals surface area contributed by atoms with Crippen LogP contribution in [-0.2, 0) is 17.3 Å². The SMILES string of the molecule is CCCOCCc1cc(-c2ccc(C)cc2)n(-c2ccc(C(F)(F)F)cc2)c1C. The molecule has 2 nitrogen and oxygen atoms in total. The van der Waals surface area contributed by atoms with Gasteiger partial charge in [-0.1, -0.05) is 36.8 Å². The normalized spacial score (nSPS) is 11.8. The average Bonchev–Trinajstić information content (AvgIpc) is 3.01. The third-order valence-electron chi connectivity index (χ3n) is 5.02. The fourth-order valence-electron chi connectivity index (χ4n) is 3.41. The highest BCUT2D eigenvalue weighted by Crippen LogP contribution is 2.33. The van der Waals surface area contributed by atoms with Crippen molar-refractivity contribution in [3.8, 4) is 16.9 Å². The van der Waals surface area contributed by atoms with Crippen LogP contribution in [0.15, 0.2) is 54.6 Å². The van der Waals surface area contributed by atoms with Gasteiger partial charge in [-0.25, -0.2) is 0 Å². The smallest absolute Gasteiger partial charge is 0.381 e. The molecule has 0 aliphatic heterocycles. The van der Waals surface area contributed by atoms with Gasteiger partial charge in [-0.05, 0) is 68.1 Å². The largest absolute Gasteiger partial charge is 0.416 e. The molecule has 0 aliphatic carbocycles. The summed E-state index contributed by atoms with van der Waals surface area (Å²) in [4.78, 5) is 0. The minimum absolute atomic E-state index is 0.624. The molecule has 3 rings (SSSR count). The van der Waals surface area contributed by atoms with E-state index in [1.165, 1.54) is 12.1 Å². The fourth-order valence-corrected chi connectivity index (χ4v) is 3.41. The van der Waals surface area contributed by atoms with E-state index in [2.05, 4.69) is 13.0 Å². The van der Waals surface area contributed by atoms with Crippen LogP contribution >= 0.6 is 0 Å². The van der Waals surface area contributed by atoms with Gasteiger partial charge in [0.2, 0.25) is 0 Å². The van der Waals surface area contributed by atoms with Crippen LogP contribution in [0.2, 0.25) is 0 Å². The van der Waals surface area contributed by atoms with Crippen molar-refractivity contribution < 1.29 is 17.9 Å². The van der Waals surface area contributed by atoms with E-state index < -0.39 is 11.7 Å². The number of benzene rings is 2. The van der Waals surface area contributed by atoms with Crippen molar-refractivity contribution >= 4 is 0 Å². The monoisotopic (exact) mass is 401 g/mol. The molecule has 0 fully saturated rings. The molecule has 1 aromatic heterocycles. The zero-order chi connectivity index (χ0) is 21.0. The third kappa shape index (κ3) is 4.91. The van der Waals surface area contributed by atoms with Gasteiger partial charge in [0.1, 0.15) is 0 Å². The lowest BCUT2D eigenvalue weighted by Gasteiger charge is -2.14. The number of halogens is 3. The highest BCUT2D eigenvalue weighted by Gasteiger charge is 2.30. The molecule has 5 heteroatoms. The van der Waals surface area contributed by atoms with Gasteiger partial charge in [-0.3, -0.25) is 0 Å². The molecule has 29 heavy (non-hydrogen) atoms. The van der Waals surface area contributed by atoms with Gasteiger partial charge < -0.3 is 9.30 Å². The molecule has 0 aliphatic rings. The summed E-state index contributed by atoms with van der Waals surface area (Å²) in [5.41, 5.74) is 5.37. The van der Waals surface area contributed by atoms with Crippen LogP contribution in [0.1, 0.15) is 35.7 Å². The average molecular weight is 401 g/mol. The van der Waals surface area contributed by atoms with Crippen LogP contribution in [-0.4, -0.2) is 17.8 Å². The first-order valence-corrected chi connectivity index (χ1v) is 9.85. The fraction of sp³-hybridized carbons (Fsp3) is 0.333. The summed E-state index contributed by atoms with van der Waals surface area (Å²) in [5, 5.41) is 0. The molecule has 154 valence electrons. The summed E-state index contributed by atoms with van der Waals surface area (Å²) in [6.07, 6.45) is -2.61. The van der Waals surface area contributed by atoms with Crippen molar-refractivity contribution in [1.29, 1.82) is 0 Å². The number of hydrogen-bond acceptors (Lipinski definition) is 1. The van der Waals surface area contributed by atoms with Crippen molar-refractivity contribution in [3.63, 3.8) is 0 Å². The number of nitrogens with zero attached hydrogens (tertiary/aromatic N) is 1. The molecule has 3 aromatic rings. The molecule has 0 saturated heterocycles. The van der Waals surface area contributed by atoms with Crippen molar-refractivity contribution in [1.82, 2.24) is 4.57 Å². The van der Waals surface area contributed by atoms with E-state index >= 15 is 0 Å². The predicted octanol–water partition coefficient (Wildman–Crippen LogP) is 6.75. The Hall–Kier alpha value is -2.53. The molecule has 0 amide bonds. The van der Waals surface area contributed by atoms with Crippen LogP contribution in [0.5, 0.6) is 0 Å². The zero-order valence-corrected chi connectivity index (χ0v) is 17.0. The maximum Gasteiger partial charge on any atom is 0.416 e. The van der Waals surface area contributed by atoms with Crippen molar-refractivity contribution in [2.24, 2.45) is 0 Å². The van der Waals surface area contributed by atoms with Gasteiger partial charge >= 0.3 is 6.18 Å². The number of ether oxygens (including phenoxy) is 1. The molecule has 0 atom stereocenters. The number of aryl methyl sites for hydroxylation is 1. The number of alkyl halides is 3. The molecule has 2 aromatic carbocycles. The van der Waals surface area contributed by atoms with Gasteiger partial charge in [-0.15, -0.1) is 0 Å². The Morgan fingerprint density at radius 3 is 2.14 bits per heavy atom. The van der Waals surface area contributed by atoms with E-state index in [-0.39, 0.29) is 0 Å². The lowest BCUT2D eigenvalue weighted by Crippen LogP contribution is -2.06. The van der Waals surface area contributed by atoms with E-state index in [4.69, 9.17) is 4.74 Å². The number of hydrogen-bond donors (Lipinski definition) is 0. The van der Waals surface area contributed by atoms with E-state index in [1.807, 2.05) is 42.7 Å². The lowest BCUT2D eigenvalue weighted by atomic mass is 10.1. The summed E-state index contributed by atoms with van der Waals surface area (Å²) < 4.78 is 46.6. The van der Waals surface area contributed by atoms with Gasteiger partial charge in [-0.2, -0.15) is 13.2 Å². The minimum Gasteiger partial charge on any atom is -0.381 e. The van der Waals surface area contributed by atoms with Gasteiger partial charge in [0, 0.05) is 18.0 Å². The Bertz CT molecular complexity index is 938. The van der Waals surface area contributed by atoms with Crippen molar-refractivity contribution in [2.45, 2.75) is 39.8 Å². The van der Waals surface area contributed by atoms with Gasteiger partial charge in [0.05, 0.1) is 17.9 Å². The highest BCUT2D eigenvalue weighted by atomic mass is 19.4. The van der Waals surface area contributed by atoms with E-state index in [9.17, 15) is 13.2 Å². The van der Waals surface area contributed by atoms with Crippen molar-refractivity contribution in [2.75, 3.05) is 13.2 Å². The Balaban J connectivity index is 2.03. The quantitative estimate of drug-likeness (QED) is 0.400. The molecule has 1 heterocycles. The standard InChI is InChI=1S/C24H26F3NO/c1-4-14-29-15-13-20-16-23(19-7-5-17(2)6-8-19)28(18(20)3)22-11-9-21(10-12-22)24(25,26)27/h5-12,16H,4,13-15H2,1-3H3. The summed E-state index contributed by atoms with van der Waals surface area (Å²) in [7, 11) is 0. The third-order valence-corrected chi connectivity index (χ3v) is 5.02. The van der Waals surface area contributed by atoms with E-state index in [0.717, 1.165) is 59.7 Å². The summed E-state index contributed by atoms with van der Waals surface area (Å²) in [6, 6.07) is 15.6. The topological polar surface area (TPSA) is 14.2 Å². The minimum atomic E-state index is -4.34. The van der Waals surface area contributed by atoms with Gasteiger partial charge in [0.15, 0.2) is 0 Å². The molecular weight excluding hydrogens is 375 g/mol. The number of rotatable bonds is 7. The lowest BCUT2D eigenvalue weighted by molar-refractivity contribution is -0.137. The van der Waals surface area contributed by atoms with Crippen LogP contribution < -0.4 is 0 Å². The maximum absolute atomic E-state index is 13.0. The zero-order valence-electron chi connectivity index (χ0n) is 17.0. The van der Waals surface area contributed by atoms with Crippen LogP contribution in [0.4, 0.5) is 13.2 Å². The van der Waals surface area contributed by atoms with Crippen LogP contribution in [0, 0.1) is 13.8 Å². The maximum atomic E-state index is 13.0. The number of aromatic nitrogens is 1. The first-order valence-electron chi connectivity index (χ1n) is 9.85. The molecule has 0 saturated carbocycles. The van der Waals surface area contributed by atoms with E-state index in [0.29, 0.717) is 12.3 Å². The Kier molecular flexibility index (Phi) is 6.48. The first kappa shape index (κ1) is 21.2. The molecule has 0 N–H and O–H groups in total. The molecule has 0 spiro atoms. The predicted molar refractivity (Wildman–Crippen MR) is 110 cm³/mol. The highest BCUT2D eigenvalue weighted by molar-refractivity contribution is 5.66. The Morgan fingerprint density at radius 2 is 1.55 bits per heavy atom. The Labute approximate surface area is 169 Å². The van der Waals surface area contributed by atoms with Crippen LogP contribution in [0.3, 0.4) is 0 Å². The molecule has 0 radical (unpaired) electrons. The summed E-state index contributed by atoms with van der Waals surface area (Å²) in [5.74, 6) is 0. The molecular formula is C24H26F3NO. The summed E-state index contributed by atoms with van der Waals surface area (Å²) in [6.45, 7) is 7.45. The Morgan fingerprint density at radius 1 is 0.897 bits per heavy atom. The second-order valence-electron chi connectivity index (χ2n) is 7.25. The molecule has 0 unspecified atom stereocenters. The van der Waals surface area contributed by atoms with Crippen molar-refractivity contribution in [3.05, 3.63) is 77.0 Å². The molecule has 0 bridgehead atoms. The first-order chi connectivity index (χ1) is 13.8. The van der Waals surface area contributed by atoms with Crippen LogP contribution in [0.25, 0.3) is 16.9 Å². The summed E-state index contributed by atoms with van der Waals surface area (Å²) >= 11 is 0. The second kappa shape index (κ2) is 8.87. The van der Waals surface area contributed by atoms with E-state index in [1.54, 1.807) is 0 Å². The van der Waals surface area contributed by atoms with Gasteiger partial charge in [0.25, 0.3) is 0 Å².